The average Bonchev–Trinajstić information content (AvgIpc) is 3.02. The molecule has 0 fully saturated rings. The quantitative estimate of drug-likeness (QED) is 0.637. The summed E-state index contributed by atoms with van der Waals surface area (Å²) in [7, 11) is 1.66. The molecule has 0 aliphatic carbocycles. The van der Waals surface area contributed by atoms with Crippen molar-refractivity contribution in [2.75, 3.05) is 33.4 Å². The number of hydrogen-bond acceptors (Lipinski definition) is 5. The van der Waals surface area contributed by atoms with Crippen molar-refractivity contribution in [2.45, 2.75) is 13.3 Å². The Hall–Kier alpha value is -1.67. The number of hydrogen-bond donors (Lipinski definition) is 2. The van der Waals surface area contributed by atoms with Gasteiger partial charge >= 0.3 is 0 Å². The predicted octanol–water partition coefficient (Wildman–Crippen LogP) is 1.64. The molecule has 0 bridgehead atoms. The molecule has 0 aliphatic heterocycles. The predicted molar refractivity (Wildman–Crippen MR) is 102 cm³/mol. The standard InChI is InChI=1S/C16H23N5O2.2ClH/c1-3-14-13(16(22)19-9-8-17-10-11-23-2)12-20-21(14)15-6-4-5-7-18-15;;/h4-7,12,17H,3,8-11H2,1-2H3,(H,19,22);2*1H. The fourth-order valence-corrected chi connectivity index (χ4v) is 2.24. The van der Waals surface area contributed by atoms with Crippen LogP contribution < -0.4 is 10.6 Å². The van der Waals surface area contributed by atoms with Crippen molar-refractivity contribution in [2.24, 2.45) is 0 Å². The van der Waals surface area contributed by atoms with Crippen LogP contribution in [0.15, 0.2) is 30.6 Å². The molecule has 0 aliphatic rings. The van der Waals surface area contributed by atoms with Gasteiger partial charge < -0.3 is 15.4 Å². The van der Waals surface area contributed by atoms with E-state index in [2.05, 4.69) is 20.7 Å². The summed E-state index contributed by atoms with van der Waals surface area (Å²) < 4.78 is 6.66. The van der Waals surface area contributed by atoms with Gasteiger partial charge in [-0.05, 0) is 18.6 Å². The number of ether oxygens (including phenoxy) is 1. The first-order valence-corrected chi connectivity index (χ1v) is 7.74. The van der Waals surface area contributed by atoms with Crippen molar-refractivity contribution in [3.05, 3.63) is 41.9 Å². The van der Waals surface area contributed by atoms with E-state index in [0.29, 0.717) is 37.5 Å². The number of amides is 1. The van der Waals surface area contributed by atoms with Gasteiger partial charge in [0.05, 0.1) is 24.1 Å². The van der Waals surface area contributed by atoms with Crippen molar-refractivity contribution in [1.82, 2.24) is 25.4 Å². The average molecular weight is 390 g/mol. The van der Waals surface area contributed by atoms with Gasteiger partial charge in [0.2, 0.25) is 0 Å². The van der Waals surface area contributed by atoms with Gasteiger partial charge in [-0.2, -0.15) is 5.10 Å². The number of rotatable bonds is 9. The summed E-state index contributed by atoms with van der Waals surface area (Å²) >= 11 is 0. The summed E-state index contributed by atoms with van der Waals surface area (Å²) in [4.78, 5) is 16.6. The Morgan fingerprint density at radius 2 is 2.04 bits per heavy atom. The van der Waals surface area contributed by atoms with Crippen LogP contribution in [0.3, 0.4) is 0 Å². The number of aromatic nitrogens is 3. The van der Waals surface area contributed by atoms with Crippen LogP contribution in [-0.2, 0) is 11.2 Å². The third-order valence-electron chi connectivity index (χ3n) is 3.38. The Balaban J connectivity index is 0.00000288. The van der Waals surface area contributed by atoms with E-state index < -0.39 is 0 Å². The van der Waals surface area contributed by atoms with E-state index in [1.807, 2.05) is 25.1 Å². The van der Waals surface area contributed by atoms with Crippen molar-refractivity contribution >= 4 is 30.7 Å². The van der Waals surface area contributed by atoms with Gasteiger partial charge in [-0.1, -0.05) is 13.0 Å². The lowest BCUT2D eigenvalue weighted by Crippen LogP contribution is -2.33. The molecule has 2 rings (SSSR count). The number of carbonyl (C=O) groups excluding carboxylic acids is 1. The number of halogens is 2. The maximum atomic E-state index is 12.3. The van der Waals surface area contributed by atoms with Crippen LogP contribution >= 0.6 is 24.8 Å². The molecular weight excluding hydrogens is 365 g/mol. The third kappa shape index (κ3) is 6.62. The second-order valence-corrected chi connectivity index (χ2v) is 4.96. The molecule has 0 radical (unpaired) electrons. The smallest absolute Gasteiger partial charge is 0.254 e. The van der Waals surface area contributed by atoms with Crippen LogP contribution in [0, 0.1) is 0 Å². The minimum atomic E-state index is -0.113. The largest absolute Gasteiger partial charge is 0.383 e. The normalized spacial score (nSPS) is 9.84. The first kappa shape index (κ1) is 23.3. The van der Waals surface area contributed by atoms with E-state index in [-0.39, 0.29) is 30.7 Å². The Labute approximate surface area is 160 Å². The Kier molecular flexibility index (Phi) is 11.8. The van der Waals surface area contributed by atoms with E-state index in [9.17, 15) is 4.79 Å². The molecule has 140 valence electrons. The maximum Gasteiger partial charge on any atom is 0.254 e. The Bertz CT molecular complexity index is 622. The van der Waals surface area contributed by atoms with Gasteiger partial charge in [0, 0.05) is 32.9 Å². The molecular formula is C16H25Cl2N5O2. The van der Waals surface area contributed by atoms with Crippen LogP contribution in [0.1, 0.15) is 23.0 Å². The summed E-state index contributed by atoms with van der Waals surface area (Å²) in [6.45, 7) is 4.68. The highest BCUT2D eigenvalue weighted by Gasteiger charge is 2.17. The number of nitrogens with zero attached hydrogens (tertiary/aromatic N) is 3. The monoisotopic (exact) mass is 389 g/mol. The summed E-state index contributed by atoms with van der Waals surface area (Å²) in [5.74, 6) is 0.599. The van der Waals surface area contributed by atoms with Gasteiger partial charge in [0.25, 0.3) is 5.91 Å². The van der Waals surface area contributed by atoms with Crippen molar-refractivity contribution in [3.8, 4) is 5.82 Å². The van der Waals surface area contributed by atoms with Crippen LogP contribution in [0.25, 0.3) is 5.82 Å². The zero-order valence-corrected chi connectivity index (χ0v) is 16.0. The molecule has 0 saturated carbocycles. The van der Waals surface area contributed by atoms with Crippen LogP contribution in [-0.4, -0.2) is 54.0 Å². The molecule has 9 heteroatoms. The Morgan fingerprint density at radius 1 is 1.24 bits per heavy atom. The van der Waals surface area contributed by atoms with E-state index in [0.717, 1.165) is 12.2 Å². The number of pyridine rings is 1. The molecule has 2 aromatic heterocycles. The highest BCUT2D eigenvalue weighted by atomic mass is 35.5. The fraction of sp³-hybridized carbons (Fsp3) is 0.438. The molecule has 0 atom stereocenters. The molecule has 7 nitrogen and oxygen atoms in total. The second kappa shape index (κ2) is 12.7. The highest BCUT2D eigenvalue weighted by Crippen LogP contribution is 2.13. The van der Waals surface area contributed by atoms with Crippen molar-refractivity contribution in [1.29, 1.82) is 0 Å². The minimum Gasteiger partial charge on any atom is -0.383 e. The molecule has 2 aromatic rings. The highest BCUT2D eigenvalue weighted by molar-refractivity contribution is 5.95. The van der Waals surface area contributed by atoms with E-state index in [1.54, 1.807) is 24.2 Å². The van der Waals surface area contributed by atoms with Crippen LogP contribution in [0.4, 0.5) is 0 Å². The first-order valence-electron chi connectivity index (χ1n) is 7.74. The van der Waals surface area contributed by atoms with Crippen LogP contribution in [0.5, 0.6) is 0 Å². The Morgan fingerprint density at radius 3 is 2.68 bits per heavy atom. The molecule has 0 saturated heterocycles. The molecule has 0 aromatic carbocycles. The van der Waals surface area contributed by atoms with Gasteiger partial charge in [-0.15, -0.1) is 24.8 Å². The second-order valence-electron chi connectivity index (χ2n) is 4.96. The molecule has 2 heterocycles. The third-order valence-corrected chi connectivity index (χ3v) is 3.38. The molecule has 1 amide bonds. The lowest BCUT2D eigenvalue weighted by molar-refractivity contribution is 0.0952. The zero-order chi connectivity index (χ0) is 16.5. The lowest BCUT2D eigenvalue weighted by Gasteiger charge is -2.08. The van der Waals surface area contributed by atoms with E-state index >= 15 is 0 Å². The molecule has 0 spiro atoms. The van der Waals surface area contributed by atoms with E-state index in [4.69, 9.17) is 4.74 Å². The SMILES string of the molecule is CCc1c(C(=O)NCCNCCOC)cnn1-c1ccccn1.Cl.Cl. The van der Waals surface area contributed by atoms with Gasteiger partial charge in [-0.3, -0.25) is 4.79 Å². The zero-order valence-electron chi connectivity index (χ0n) is 14.4. The topological polar surface area (TPSA) is 81.1 Å². The van der Waals surface area contributed by atoms with Crippen molar-refractivity contribution < 1.29 is 9.53 Å². The van der Waals surface area contributed by atoms with Gasteiger partial charge in [0.1, 0.15) is 0 Å². The number of carbonyl (C=O) groups is 1. The molecule has 25 heavy (non-hydrogen) atoms. The summed E-state index contributed by atoms with van der Waals surface area (Å²) in [5.41, 5.74) is 1.45. The fourth-order valence-electron chi connectivity index (χ4n) is 2.24. The summed E-state index contributed by atoms with van der Waals surface area (Å²) in [6, 6.07) is 5.62. The lowest BCUT2D eigenvalue weighted by atomic mass is 10.2. The van der Waals surface area contributed by atoms with Gasteiger partial charge in [0.15, 0.2) is 5.82 Å². The minimum absolute atomic E-state index is 0. The first-order chi connectivity index (χ1) is 11.3. The maximum absolute atomic E-state index is 12.3. The summed E-state index contributed by atoms with van der Waals surface area (Å²) in [5, 5.41) is 10.4. The number of nitrogens with one attached hydrogen (secondary N) is 2. The van der Waals surface area contributed by atoms with Crippen LogP contribution in [0.2, 0.25) is 0 Å². The van der Waals surface area contributed by atoms with E-state index in [1.165, 1.54) is 0 Å². The number of methoxy groups -OCH3 is 1. The molecule has 2 N–H and O–H groups in total. The molecule has 0 unspecified atom stereocenters. The summed E-state index contributed by atoms with van der Waals surface area (Å²) in [6.07, 6.45) is 4.01. The van der Waals surface area contributed by atoms with Gasteiger partial charge in [-0.25, -0.2) is 9.67 Å². The van der Waals surface area contributed by atoms with Crippen molar-refractivity contribution in [3.63, 3.8) is 0 Å².